The van der Waals surface area contributed by atoms with Crippen molar-refractivity contribution in [3.63, 3.8) is 0 Å². The Hall–Kier alpha value is -3.38. The van der Waals surface area contributed by atoms with Crippen LogP contribution in [0.25, 0.3) is 0 Å². The van der Waals surface area contributed by atoms with Crippen molar-refractivity contribution < 1.29 is 27.5 Å². The van der Waals surface area contributed by atoms with Crippen LogP contribution < -0.4 is 10.2 Å². The Kier molecular flexibility index (Phi) is 6.04. The van der Waals surface area contributed by atoms with Crippen molar-refractivity contribution in [3.05, 3.63) is 71.6 Å². The van der Waals surface area contributed by atoms with Gasteiger partial charge in [-0.15, -0.1) is 0 Å². The maximum absolute atomic E-state index is 14.1. The molecule has 31 heavy (non-hydrogen) atoms. The van der Waals surface area contributed by atoms with E-state index in [-0.39, 0.29) is 18.0 Å². The van der Waals surface area contributed by atoms with E-state index in [0.717, 1.165) is 18.2 Å². The van der Waals surface area contributed by atoms with Crippen LogP contribution >= 0.6 is 0 Å². The van der Waals surface area contributed by atoms with Crippen LogP contribution in [0.2, 0.25) is 0 Å². The van der Waals surface area contributed by atoms with Crippen LogP contribution in [0, 0.1) is 17.1 Å². The number of nitriles is 1. The zero-order valence-electron chi connectivity index (χ0n) is 16.3. The lowest BCUT2D eigenvalue weighted by Crippen LogP contribution is -2.51. The number of amides is 1. The summed E-state index contributed by atoms with van der Waals surface area (Å²) in [5.41, 5.74) is -3.17. The minimum Gasteiger partial charge on any atom is -0.374 e. The molecule has 0 aliphatic carbocycles. The third kappa shape index (κ3) is 4.54. The number of fused-ring (bicyclic) bond motifs is 1. The number of anilines is 2. The first-order valence-corrected chi connectivity index (χ1v) is 9.40. The van der Waals surface area contributed by atoms with Crippen LogP contribution in [0.15, 0.2) is 49.1 Å². The van der Waals surface area contributed by atoms with Gasteiger partial charge in [0.25, 0.3) is 5.91 Å². The second-order valence-electron chi connectivity index (χ2n) is 7.22. The van der Waals surface area contributed by atoms with Crippen LogP contribution in [0.1, 0.15) is 23.1 Å². The highest BCUT2D eigenvalue weighted by Gasteiger charge is 2.38. The molecule has 5 nitrogen and oxygen atoms in total. The average Bonchev–Trinajstić information content (AvgIpc) is 2.73. The predicted molar refractivity (Wildman–Crippen MR) is 107 cm³/mol. The molecule has 1 heterocycles. The number of halogens is 4. The maximum atomic E-state index is 14.1. The Morgan fingerprint density at radius 3 is 2.71 bits per heavy atom. The standard InChI is InChI=1S/C22H19F4N3O2/c1-2-21(31,13-29-10-4-5-16-18(23)6-3-7-19(16)29)20(30)28-15-9-8-14(12-27)17(11-15)22(24,25)26/h2-3,6-9,11,31H,1,4-5,10,13H2,(H,28,30)/t21-/m0/s1. The minimum atomic E-state index is -4.79. The van der Waals surface area contributed by atoms with Crippen molar-refractivity contribution >= 4 is 17.3 Å². The molecule has 0 radical (unpaired) electrons. The normalized spacial score (nSPS) is 15.4. The molecule has 0 fully saturated rings. The fraction of sp³-hybridized carbons (Fsp3) is 0.273. The second kappa shape index (κ2) is 8.40. The zero-order chi connectivity index (χ0) is 22.8. The highest BCUT2D eigenvalue weighted by atomic mass is 19.4. The van der Waals surface area contributed by atoms with E-state index in [1.165, 1.54) is 18.2 Å². The number of nitrogens with one attached hydrogen (secondary N) is 1. The first-order chi connectivity index (χ1) is 14.6. The van der Waals surface area contributed by atoms with E-state index >= 15 is 0 Å². The first-order valence-electron chi connectivity index (χ1n) is 9.40. The molecule has 0 aromatic heterocycles. The smallest absolute Gasteiger partial charge is 0.374 e. The molecule has 162 valence electrons. The van der Waals surface area contributed by atoms with Gasteiger partial charge in [0.15, 0.2) is 5.60 Å². The summed E-state index contributed by atoms with van der Waals surface area (Å²) in [6.07, 6.45) is -2.68. The molecule has 0 unspecified atom stereocenters. The Morgan fingerprint density at radius 1 is 1.32 bits per heavy atom. The number of aliphatic hydroxyl groups is 1. The number of rotatable bonds is 5. The molecule has 1 aliphatic rings. The lowest BCUT2D eigenvalue weighted by molar-refractivity contribution is -0.137. The number of benzene rings is 2. The van der Waals surface area contributed by atoms with E-state index in [0.29, 0.717) is 36.7 Å². The van der Waals surface area contributed by atoms with E-state index in [1.54, 1.807) is 11.0 Å². The molecule has 9 heteroatoms. The number of hydrogen-bond acceptors (Lipinski definition) is 4. The largest absolute Gasteiger partial charge is 0.417 e. The highest BCUT2D eigenvalue weighted by molar-refractivity contribution is 5.99. The number of nitrogens with zero attached hydrogens (tertiary/aromatic N) is 2. The molecule has 2 aromatic rings. The van der Waals surface area contributed by atoms with Gasteiger partial charge < -0.3 is 15.3 Å². The molecule has 2 aromatic carbocycles. The summed E-state index contributed by atoms with van der Waals surface area (Å²) in [4.78, 5) is 14.4. The van der Waals surface area contributed by atoms with Gasteiger partial charge in [-0.1, -0.05) is 12.6 Å². The van der Waals surface area contributed by atoms with Gasteiger partial charge in [0.05, 0.1) is 23.7 Å². The fourth-order valence-electron chi connectivity index (χ4n) is 3.54. The predicted octanol–water partition coefficient (Wildman–Crippen LogP) is 4.02. The Labute approximate surface area is 176 Å². The summed E-state index contributed by atoms with van der Waals surface area (Å²) in [7, 11) is 0. The summed E-state index contributed by atoms with van der Waals surface area (Å²) in [6, 6.07) is 8.70. The molecular weight excluding hydrogens is 414 g/mol. The topological polar surface area (TPSA) is 76.4 Å². The van der Waals surface area contributed by atoms with Crippen molar-refractivity contribution in [1.29, 1.82) is 5.26 Å². The third-order valence-corrected chi connectivity index (χ3v) is 5.16. The maximum Gasteiger partial charge on any atom is 0.417 e. The molecule has 0 saturated carbocycles. The van der Waals surface area contributed by atoms with E-state index in [9.17, 15) is 27.5 Å². The van der Waals surface area contributed by atoms with Gasteiger partial charge in [-0.3, -0.25) is 4.79 Å². The molecule has 0 spiro atoms. The molecule has 0 bridgehead atoms. The fourth-order valence-corrected chi connectivity index (χ4v) is 3.54. The first kappa shape index (κ1) is 22.3. The van der Waals surface area contributed by atoms with E-state index in [4.69, 9.17) is 5.26 Å². The quantitative estimate of drug-likeness (QED) is 0.552. The van der Waals surface area contributed by atoms with Crippen LogP contribution in [0.5, 0.6) is 0 Å². The van der Waals surface area contributed by atoms with Gasteiger partial charge >= 0.3 is 6.18 Å². The van der Waals surface area contributed by atoms with E-state index in [1.807, 2.05) is 0 Å². The molecule has 1 atom stereocenters. The van der Waals surface area contributed by atoms with Crippen molar-refractivity contribution in [2.75, 3.05) is 23.3 Å². The monoisotopic (exact) mass is 433 g/mol. The highest BCUT2D eigenvalue weighted by Crippen LogP contribution is 2.34. The molecule has 3 rings (SSSR count). The molecule has 2 N–H and O–H groups in total. The number of carbonyl (C=O) groups excluding carboxylic acids is 1. The van der Waals surface area contributed by atoms with Gasteiger partial charge in [-0.25, -0.2) is 4.39 Å². The number of hydrogen-bond donors (Lipinski definition) is 2. The summed E-state index contributed by atoms with van der Waals surface area (Å²) < 4.78 is 53.6. The van der Waals surface area contributed by atoms with Crippen LogP contribution in [0.4, 0.5) is 28.9 Å². The Bertz CT molecular complexity index is 1060. The van der Waals surface area contributed by atoms with Gasteiger partial charge in [-0.2, -0.15) is 18.4 Å². The number of carbonyl (C=O) groups is 1. The minimum absolute atomic E-state index is 0.235. The van der Waals surface area contributed by atoms with Gasteiger partial charge in [-0.05, 0) is 49.2 Å². The van der Waals surface area contributed by atoms with Crippen molar-refractivity contribution in [2.45, 2.75) is 24.6 Å². The summed E-state index contributed by atoms with van der Waals surface area (Å²) in [6.45, 7) is 3.67. The molecule has 1 amide bonds. The third-order valence-electron chi connectivity index (χ3n) is 5.16. The number of alkyl halides is 3. The summed E-state index contributed by atoms with van der Waals surface area (Å²) in [5, 5.41) is 22.0. The second-order valence-corrected chi connectivity index (χ2v) is 7.22. The SMILES string of the molecule is C=C[C@](O)(CN1CCCc2c(F)cccc21)C(=O)Nc1ccc(C#N)c(C(F)(F)F)c1. The Balaban J connectivity index is 1.85. The molecular formula is C22H19F4N3O2. The summed E-state index contributed by atoms with van der Waals surface area (Å²) >= 11 is 0. The lowest BCUT2D eigenvalue weighted by Gasteiger charge is -2.36. The van der Waals surface area contributed by atoms with Gasteiger partial charge in [0.2, 0.25) is 0 Å². The van der Waals surface area contributed by atoms with Crippen molar-refractivity contribution in [3.8, 4) is 6.07 Å². The van der Waals surface area contributed by atoms with Crippen LogP contribution in [0.3, 0.4) is 0 Å². The lowest BCUT2D eigenvalue weighted by atomic mass is 9.96. The zero-order valence-corrected chi connectivity index (χ0v) is 16.3. The van der Waals surface area contributed by atoms with Crippen LogP contribution in [-0.4, -0.2) is 29.7 Å². The van der Waals surface area contributed by atoms with Crippen LogP contribution in [-0.2, 0) is 17.4 Å². The van der Waals surface area contributed by atoms with Gasteiger partial charge in [0.1, 0.15) is 5.82 Å². The van der Waals surface area contributed by atoms with E-state index < -0.39 is 28.8 Å². The van der Waals surface area contributed by atoms with E-state index in [2.05, 4.69) is 11.9 Å². The average molecular weight is 433 g/mol. The summed E-state index contributed by atoms with van der Waals surface area (Å²) in [5.74, 6) is -1.38. The Morgan fingerprint density at radius 2 is 2.06 bits per heavy atom. The number of β-amino-alcohol motifs (C(OH)–C–C–N with tert-alkyl or cyclic N) is 1. The molecule has 0 saturated heterocycles. The van der Waals surface area contributed by atoms with Crippen molar-refractivity contribution in [1.82, 2.24) is 0 Å². The van der Waals surface area contributed by atoms with Gasteiger partial charge in [0, 0.05) is 23.5 Å². The van der Waals surface area contributed by atoms with Crippen molar-refractivity contribution in [2.24, 2.45) is 0 Å². The molecule has 1 aliphatic heterocycles.